The van der Waals surface area contributed by atoms with Gasteiger partial charge in [-0.3, -0.25) is 19.8 Å². The van der Waals surface area contributed by atoms with Crippen LogP contribution in [-0.2, 0) is 9.47 Å². The SMILES string of the molecule is C#Cc1c(F)c(C)cc2cc(O)cc(-c3ncc4c(N5CC6CCC(COC)(C5)N6)nc(OC[C@@]56CCC(c7cc(F)c(C#C)c8c(-c9ncc%10c(N%11CC%12CCC(COC)(C%11)N%12)nc(OC[C@@]%11%12CCCN%11C[C@H](F)C%12)nc%10c9F)c(F)c(O)cc78)N5C[C@H](F)C6)nc4c3F)c12. The number of fused-ring (bicyclic) bond motifs is 10. The van der Waals surface area contributed by atoms with Crippen LogP contribution in [0.1, 0.15) is 92.5 Å². The van der Waals surface area contributed by atoms with E-state index >= 15 is 30.7 Å². The molecule has 498 valence electrons. The zero-order chi connectivity index (χ0) is 66.5. The molecule has 96 heavy (non-hydrogen) atoms. The van der Waals surface area contributed by atoms with Crippen molar-refractivity contribution in [1.82, 2.24) is 50.3 Å². The lowest BCUT2D eigenvalue weighted by Gasteiger charge is -2.41. The molecular weight excluding hydrogens is 1250 g/mol. The lowest BCUT2D eigenvalue weighted by Crippen LogP contribution is -2.62. The Hall–Kier alpha value is -8.43. The van der Waals surface area contributed by atoms with Crippen LogP contribution in [0.5, 0.6) is 23.5 Å². The largest absolute Gasteiger partial charge is 0.508 e. The van der Waals surface area contributed by atoms with Gasteiger partial charge in [0.2, 0.25) is 0 Å². The second-order valence-corrected chi connectivity index (χ2v) is 28.0. The number of hydrogen-bond acceptors (Lipinski definition) is 18. The number of methoxy groups -OCH3 is 2. The molecule has 0 radical (unpaired) electrons. The Kier molecular flexibility index (Phi) is 15.0. The van der Waals surface area contributed by atoms with Gasteiger partial charge >= 0.3 is 12.0 Å². The quantitative estimate of drug-likeness (QED) is 0.0559. The highest BCUT2D eigenvalue weighted by Crippen LogP contribution is 2.54. The number of ether oxygens (including phenoxy) is 4. The molecule has 18 nitrogen and oxygen atoms in total. The molecule has 4 N–H and O–H groups in total. The number of benzene rings is 4. The van der Waals surface area contributed by atoms with E-state index in [0.717, 1.165) is 38.2 Å². The van der Waals surface area contributed by atoms with Crippen LogP contribution in [0, 0.1) is 60.7 Å². The number of phenolic OH excluding ortho intramolecular Hbond substituents is 2. The number of halogens is 7. The normalized spacial score (nSPS) is 27.8. The minimum atomic E-state index is -1.45. The number of hydrogen-bond donors (Lipinski definition) is 4. The molecule has 8 aliphatic rings. The summed E-state index contributed by atoms with van der Waals surface area (Å²) < 4.78 is 142. The van der Waals surface area contributed by atoms with Gasteiger partial charge in [-0.1, -0.05) is 11.8 Å². The average molecular weight is 1320 g/mol. The number of pyridine rings is 2. The second kappa shape index (κ2) is 23.1. The third-order valence-corrected chi connectivity index (χ3v) is 21.9. The third kappa shape index (κ3) is 9.91. The van der Waals surface area contributed by atoms with E-state index in [1.807, 2.05) is 14.7 Å². The molecule has 8 saturated heterocycles. The first-order chi connectivity index (χ1) is 46.3. The molecule has 8 aliphatic heterocycles. The van der Waals surface area contributed by atoms with Gasteiger partial charge in [0.1, 0.15) is 77.0 Å². The first-order valence-electron chi connectivity index (χ1n) is 32.7. The third-order valence-electron chi connectivity index (χ3n) is 21.9. The zero-order valence-electron chi connectivity index (χ0n) is 53.1. The first kappa shape index (κ1) is 62.4. The summed E-state index contributed by atoms with van der Waals surface area (Å²) in [6, 6.07) is 5.18. The van der Waals surface area contributed by atoms with Gasteiger partial charge in [-0.15, -0.1) is 12.8 Å². The molecule has 16 rings (SSSR count). The predicted molar refractivity (Wildman–Crippen MR) is 345 cm³/mol. The van der Waals surface area contributed by atoms with Crippen molar-refractivity contribution in [1.29, 1.82) is 0 Å². The maximum Gasteiger partial charge on any atom is 0.319 e. The summed E-state index contributed by atoms with van der Waals surface area (Å²) in [5, 5.41) is 30.8. The van der Waals surface area contributed by atoms with Gasteiger partial charge < -0.3 is 49.6 Å². The Morgan fingerprint density at radius 1 is 0.635 bits per heavy atom. The molecule has 4 aromatic carbocycles. The van der Waals surface area contributed by atoms with Crippen molar-refractivity contribution in [3.05, 3.63) is 94.1 Å². The molecule has 12 heterocycles. The number of aryl methyl sites for hydroxylation is 1. The molecule has 8 aromatic rings. The highest BCUT2D eigenvalue weighted by Gasteiger charge is 2.55. The van der Waals surface area contributed by atoms with Crippen LogP contribution < -0.4 is 29.9 Å². The smallest absolute Gasteiger partial charge is 0.319 e. The van der Waals surface area contributed by atoms with E-state index in [0.29, 0.717) is 69.4 Å². The molecule has 5 unspecified atom stereocenters. The van der Waals surface area contributed by atoms with E-state index < -0.39 is 92.2 Å². The van der Waals surface area contributed by atoms with Crippen molar-refractivity contribution in [3.63, 3.8) is 0 Å². The summed E-state index contributed by atoms with van der Waals surface area (Å²) >= 11 is 0. The van der Waals surface area contributed by atoms with Crippen LogP contribution in [0.25, 0.3) is 65.9 Å². The van der Waals surface area contributed by atoms with Gasteiger partial charge in [0.15, 0.2) is 23.2 Å². The van der Waals surface area contributed by atoms with Crippen molar-refractivity contribution < 1.29 is 59.9 Å². The van der Waals surface area contributed by atoms with Gasteiger partial charge in [0.25, 0.3) is 0 Å². The molecule has 25 heteroatoms. The average Bonchev–Trinajstić information content (AvgIpc) is 1.22. The fourth-order valence-corrected chi connectivity index (χ4v) is 18.0. The van der Waals surface area contributed by atoms with E-state index in [1.165, 1.54) is 43.6 Å². The summed E-state index contributed by atoms with van der Waals surface area (Å²) in [6.07, 6.45) is 17.7. The minimum absolute atomic E-state index is 0.0113. The second-order valence-electron chi connectivity index (χ2n) is 28.0. The van der Waals surface area contributed by atoms with Gasteiger partial charge in [0, 0.05) is 113 Å². The molecule has 0 spiro atoms. The number of terminal acetylenes is 2. The summed E-state index contributed by atoms with van der Waals surface area (Å²) in [5.74, 6) is -0.937. The Balaban J connectivity index is 0.781. The number of piperazine rings is 2. The fourth-order valence-electron chi connectivity index (χ4n) is 18.0. The van der Waals surface area contributed by atoms with Crippen molar-refractivity contribution in [2.45, 2.75) is 124 Å². The zero-order valence-corrected chi connectivity index (χ0v) is 53.1. The Labute approximate surface area is 547 Å². The van der Waals surface area contributed by atoms with Crippen molar-refractivity contribution >= 4 is 55.0 Å². The summed E-state index contributed by atoms with van der Waals surface area (Å²) in [4.78, 5) is 36.3. The standard InChI is InChI=1S/C71H69F7N12O6/c1-6-43-50(74)20-45(46-21-52(92)57(76)55(54(43)46)63-59(78)62-49(25-80-63)65(88-29-41-10-14-69(31-88,86-41)33-94-5)83-66(82-62)95-34-70-12-8-16-89(70)26-38(72)22-70)51-11-15-71(23-39(73)27-90(51)71)35-96-67-81-61-48(64(84-67)87-28-40-9-13-68(30-87,85-40)32-93-4)24-79-60(58(61)77)47-19-42(91)18-37-17-36(3)56(75)44(7-2)53(37)47/h1-2,17-21,24-25,38-41,51,85-86,91-92H,8-16,22-23,26-35H2,3-5H3/t38-,39-,40?,41?,51?,68?,69?,70+,71+/m1/s1. The van der Waals surface area contributed by atoms with E-state index in [4.69, 9.17) is 46.7 Å². The van der Waals surface area contributed by atoms with Crippen molar-refractivity contribution in [3.8, 4) is 70.7 Å². The molecule has 8 fully saturated rings. The number of nitrogens with one attached hydrogen (secondary N) is 2. The molecule has 4 aromatic heterocycles. The lowest BCUT2D eigenvalue weighted by atomic mass is 9.89. The first-order valence-corrected chi connectivity index (χ1v) is 32.7. The number of nitrogens with zero attached hydrogens (tertiary/aromatic N) is 10. The fraction of sp³-hybridized carbons (Fsp3) is 0.465. The molecule has 4 bridgehead atoms. The molecular formula is C71H69F7N12O6. The molecule has 0 amide bonds. The van der Waals surface area contributed by atoms with Crippen molar-refractivity contribution in [2.24, 2.45) is 0 Å². The predicted octanol–water partition coefficient (Wildman–Crippen LogP) is 9.95. The number of aromatic nitrogens is 6. The van der Waals surface area contributed by atoms with Gasteiger partial charge in [-0.25, -0.2) is 30.7 Å². The topological polar surface area (TPSA) is 192 Å². The summed E-state index contributed by atoms with van der Waals surface area (Å²) in [5.41, 5.74) is -5.00. The lowest BCUT2D eigenvalue weighted by molar-refractivity contribution is 0.0847. The van der Waals surface area contributed by atoms with Crippen LogP contribution >= 0.6 is 0 Å². The molecule has 9 atom stereocenters. The van der Waals surface area contributed by atoms with E-state index in [9.17, 15) is 10.2 Å². The highest BCUT2D eigenvalue weighted by molar-refractivity contribution is 6.06. The molecule has 0 saturated carbocycles. The van der Waals surface area contributed by atoms with E-state index in [1.54, 1.807) is 14.2 Å². The van der Waals surface area contributed by atoms with E-state index in [-0.39, 0.29) is 148 Å². The number of alkyl halides is 2. The maximum atomic E-state index is 18.2. The Bertz CT molecular complexity index is 4670. The maximum absolute atomic E-state index is 18.2. The Morgan fingerprint density at radius 2 is 1.24 bits per heavy atom. The van der Waals surface area contributed by atoms with Crippen LogP contribution in [-0.4, -0.2) is 183 Å². The monoisotopic (exact) mass is 1320 g/mol. The van der Waals surface area contributed by atoms with Gasteiger partial charge in [-0.2, -0.15) is 19.9 Å². The number of phenols is 2. The van der Waals surface area contributed by atoms with Crippen LogP contribution in [0.2, 0.25) is 0 Å². The highest BCUT2D eigenvalue weighted by atomic mass is 19.2. The van der Waals surface area contributed by atoms with Crippen molar-refractivity contribution in [2.75, 3.05) is 96.3 Å². The van der Waals surface area contributed by atoms with Crippen LogP contribution in [0.3, 0.4) is 0 Å². The summed E-state index contributed by atoms with van der Waals surface area (Å²) in [7, 11) is 3.24. The number of anilines is 2. The minimum Gasteiger partial charge on any atom is -0.508 e. The van der Waals surface area contributed by atoms with Gasteiger partial charge in [0.05, 0.1) is 62.8 Å². The summed E-state index contributed by atoms with van der Waals surface area (Å²) in [6.45, 7) is 4.57. The number of rotatable bonds is 15. The van der Waals surface area contributed by atoms with E-state index in [2.05, 4.69) is 42.3 Å². The Morgan fingerprint density at radius 3 is 1.88 bits per heavy atom. The van der Waals surface area contributed by atoms with Gasteiger partial charge in [-0.05, 0) is 117 Å². The number of aromatic hydroxyl groups is 2. The van der Waals surface area contributed by atoms with Crippen LogP contribution in [0.4, 0.5) is 42.4 Å². The molecule has 0 aliphatic carbocycles. The van der Waals surface area contributed by atoms with Crippen LogP contribution in [0.15, 0.2) is 42.7 Å².